The minimum atomic E-state index is -1.27. The fraction of sp³-hybridized carbons (Fsp3) is 0.118. The number of aliphatic hydroxyl groups excluding tert-OH is 1. The second-order valence-electron chi connectivity index (χ2n) is 10.3. The molecular weight excluding hydrogens is 675 g/mol. The van der Waals surface area contributed by atoms with E-state index in [9.17, 15) is 9.90 Å². The monoisotopic (exact) mass is 707 g/mol. The van der Waals surface area contributed by atoms with Crippen molar-refractivity contribution < 1.29 is 30.0 Å². The fourth-order valence-electron chi connectivity index (χ4n) is 3.97. The molecule has 1 aromatic heterocycles. The SMILES string of the molecule is Cc1cc[c-]c(-c2ccc3cc([Si](C)(C)C)ccc3n2)c1.O=C(/C=C(\O)c1ccccc1)c1ccccc1.[Ir]. The first-order valence-corrected chi connectivity index (χ1v) is 16.2. The molecule has 0 atom stereocenters. The Balaban J connectivity index is 0.000000215. The first-order valence-electron chi connectivity index (χ1n) is 12.7. The Kier molecular flexibility index (Phi) is 10.3. The molecule has 0 saturated carbocycles. The molecule has 3 nitrogen and oxygen atoms in total. The van der Waals surface area contributed by atoms with Crippen molar-refractivity contribution in [2.24, 2.45) is 0 Å². The van der Waals surface area contributed by atoms with E-state index in [0.717, 1.165) is 16.8 Å². The Morgan fingerprint density at radius 3 is 2.08 bits per heavy atom. The van der Waals surface area contributed by atoms with Gasteiger partial charge in [-0.1, -0.05) is 117 Å². The van der Waals surface area contributed by atoms with Crippen molar-refractivity contribution in [2.45, 2.75) is 26.6 Å². The molecule has 5 aromatic rings. The van der Waals surface area contributed by atoms with Gasteiger partial charge in [0.05, 0.1) is 13.6 Å². The van der Waals surface area contributed by atoms with Crippen LogP contribution in [0.15, 0.2) is 115 Å². The smallest absolute Gasteiger partial charge is 0.189 e. The Morgan fingerprint density at radius 2 is 1.46 bits per heavy atom. The van der Waals surface area contributed by atoms with Crippen LogP contribution in [0.3, 0.4) is 0 Å². The number of allylic oxidation sites excluding steroid dienone is 1. The van der Waals surface area contributed by atoms with Crippen LogP contribution in [0.25, 0.3) is 27.9 Å². The van der Waals surface area contributed by atoms with Gasteiger partial charge in [-0.25, -0.2) is 0 Å². The van der Waals surface area contributed by atoms with Crippen LogP contribution in [0.1, 0.15) is 21.5 Å². The maximum Gasteiger partial charge on any atom is 0.189 e. The second-order valence-corrected chi connectivity index (χ2v) is 15.3. The van der Waals surface area contributed by atoms with Crippen LogP contribution in [0.5, 0.6) is 0 Å². The minimum Gasteiger partial charge on any atom is -0.507 e. The molecule has 0 bridgehead atoms. The average Bonchev–Trinajstić information content (AvgIpc) is 2.93. The van der Waals surface area contributed by atoms with Crippen LogP contribution in [-0.4, -0.2) is 23.9 Å². The van der Waals surface area contributed by atoms with E-state index in [0.29, 0.717) is 11.1 Å². The summed E-state index contributed by atoms with van der Waals surface area (Å²) in [6.45, 7) is 9.21. The van der Waals surface area contributed by atoms with E-state index in [2.05, 4.69) is 75.1 Å². The molecule has 5 rings (SSSR count). The standard InChI is InChI=1S/C19H20NSi.C15H12O2.Ir/c1-14-6-5-7-15(12-14)18-10-8-16-13-17(21(2,3)4)9-11-19(16)20-18;16-14(12-7-3-1-4-8-12)11-15(17)13-9-5-2-6-10-13;/h5-6,8-13H,1-4H3;1-11,16H;/q-1;;/b;14-11-;. The van der Waals surface area contributed by atoms with Gasteiger partial charge in [0.15, 0.2) is 5.78 Å². The molecular formula is C34H32IrNO2Si-. The molecule has 0 amide bonds. The number of fused-ring (bicyclic) bond motifs is 1. The van der Waals surface area contributed by atoms with Crippen LogP contribution < -0.4 is 5.19 Å². The van der Waals surface area contributed by atoms with Gasteiger partial charge in [0.25, 0.3) is 0 Å². The van der Waals surface area contributed by atoms with Gasteiger partial charge in [-0.2, -0.15) is 0 Å². The minimum absolute atomic E-state index is 0. The van der Waals surface area contributed by atoms with Crippen molar-refractivity contribution in [1.82, 2.24) is 4.98 Å². The third-order valence-corrected chi connectivity index (χ3v) is 8.23. The predicted octanol–water partition coefficient (Wildman–Crippen LogP) is 8.02. The molecule has 199 valence electrons. The average molecular weight is 707 g/mol. The molecule has 39 heavy (non-hydrogen) atoms. The van der Waals surface area contributed by atoms with E-state index in [1.165, 1.54) is 22.2 Å². The maximum atomic E-state index is 11.8. The van der Waals surface area contributed by atoms with Crippen molar-refractivity contribution in [3.8, 4) is 11.3 Å². The van der Waals surface area contributed by atoms with Crippen LogP contribution in [0, 0.1) is 13.0 Å². The van der Waals surface area contributed by atoms with Gasteiger partial charge in [0.1, 0.15) is 5.76 Å². The summed E-state index contributed by atoms with van der Waals surface area (Å²) in [5.41, 5.74) is 5.55. The number of aromatic nitrogens is 1. The van der Waals surface area contributed by atoms with E-state index < -0.39 is 8.07 Å². The molecule has 0 aliphatic heterocycles. The third kappa shape index (κ3) is 8.17. The zero-order chi connectivity index (χ0) is 27.1. The number of pyridine rings is 1. The van der Waals surface area contributed by atoms with Gasteiger partial charge in [-0.05, 0) is 17.1 Å². The maximum absolute atomic E-state index is 11.8. The molecule has 4 aromatic carbocycles. The van der Waals surface area contributed by atoms with Gasteiger partial charge in [0.2, 0.25) is 0 Å². The number of hydrogen-bond acceptors (Lipinski definition) is 3. The summed E-state index contributed by atoms with van der Waals surface area (Å²) in [6.07, 6.45) is 1.24. The number of carbonyl (C=O) groups is 1. The fourth-order valence-corrected chi connectivity index (χ4v) is 5.14. The number of nitrogens with zero attached hydrogens (tertiary/aromatic N) is 1. The first-order chi connectivity index (χ1) is 18.2. The van der Waals surface area contributed by atoms with Gasteiger partial charge < -0.3 is 5.11 Å². The summed E-state index contributed by atoms with van der Waals surface area (Å²) in [4.78, 5) is 16.6. The second kappa shape index (κ2) is 13.4. The zero-order valence-corrected chi connectivity index (χ0v) is 26.0. The molecule has 0 spiro atoms. The summed E-state index contributed by atoms with van der Waals surface area (Å²) in [5.74, 6) is -0.216. The summed E-state index contributed by atoms with van der Waals surface area (Å²) < 4.78 is 0. The summed E-state index contributed by atoms with van der Waals surface area (Å²) >= 11 is 0. The van der Waals surface area contributed by atoms with E-state index in [1.54, 1.807) is 36.4 Å². The summed E-state index contributed by atoms with van der Waals surface area (Å²) in [6, 6.07) is 38.3. The van der Waals surface area contributed by atoms with E-state index in [1.807, 2.05) is 30.3 Å². The Bertz CT molecular complexity index is 1580. The number of benzene rings is 4. The van der Waals surface area contributed by atoms with Gasteiger partial charge in [-0.15, -0.1) is 35.4 Å². The molecule has 1 heterocycles. The normalized spacial score (nSPS) is 11.2. The van der Waals surface area contributed by atoms with Crippen molar-refractivity contribution in [2.75, 3.05) is 0 Å². The summed E-state index contributed by atoms with van der Waals surface area (Å²) in [5, 5.41) is 12.5. The number of aryl methyl sites for hydroxylation is 1. The molecule has 0 aliphatic rings. The zero-order valence-electron chi connectivity index (χ0n) is 22.6. The van der Waals surface area contributed by atoms with Gasteiger partial charge >= 0.3 is 0 Å². The largest absolute Gasteiger partial charge is 0.507 e. The number of carbonyl (C=O) groups excluding carboxylic acids is 1. The molecule has 1 radical (unpaired) electrons. The van der Waals surface area contributed by atoms with Crippen LogP contribution in [-0.2, 0) is 20.1 Å². The predicted molar refractivity (Wildman–Crippen MR) is 162 cm³/mol. The molecule has 0 saturated heterocycles. The Hall–Kier alpha value is -3.63. The van der Waals surface area contributed by atoms with Gasteiger partial charge in [-0.3, -0.25) is 9.78 Å². The quantitative estimate of drug-likeness (QED) is 0.0663. The molecule has 0 unspecified atom stereocenters. The molecule has 5 heteroatoms. The number of aliphatic hydroxyl groups is 1. The van der Waals surface area contributed by atoms with Crippen molar-refractivity contribution in [3.05, 3.63) is 138 Å². The van der Waals surface area contributed by atoms with Crippen molar-refractivity contribution >= 4 is 35.7 Å². The van der Waals surface area contributed by atoms with Crippen LogP contribution >= 0.6 is 0 Å². The van der Waals surface area contributed by atoms with Crippen molar-refractivity contribution in [3.63, 3.8) is 0 Å². The van der Waals surface area contributed by atoms with E-state index >= 15 is 0 Å². The third-order valence-electron chi connectivity index (χ3n) is 6.18. The molecule has 0 fully saturated rings. The Morgan fingerprint density at radius 1 is 0.821 bits per heavy atom. The summed E-state index contributed by atoms with van der Waals surface area (Å²) in [7, 11) is -1.27. The Labute approximate surface area is 245 Å². The van der Waals surface area contributed by atoms with Gasteiger partial charge in [0, 0.05) is 37.3 Å². The first kappa shape index (κ1) is 29.9. The molecule has 0 aliphatic carbocycles. The number of ketones is 1. The topological polar surface area (TPSA) is 50.2 Å². The van der Waals surface area contributed by atoms with Crippen molar-refractivity contribution in [1.29, 1.82) is 0 Å². The van der Waals surface area contributed by atoms with Crippen LogP contribution in [0.2, 0.25) is 19.6 Å². The van der Waals surface area contributed by atoms with Crippen LogP contribution in [0.4, 0.5) is 0 Å². The number of hydrogen-bond donors (Lipinski definition) is 1. The number of rotatable bonds is 5. The van der Waals surface area contributed by atoms with E-state index in [4.69, 9.17) is 4.98 Å². The molecule has 1 N–H and O–H groups in total. The van der Waals surface area contributed by atoms with E-state index in [-0.39, 0.29) is 31.6 Å².